The van der Waals surface area contributed by atoms with Gasteiger partial charge in [-0.3, -0.25) is 20.4 Å². The highest BCUT2D eigenvalue weighted by molar-refractivity contribution is 5.73. The van der Waals surface area contributed by atoms with Crippen molar-refractivity contribution in [2.45, 2.75) is 12.5 Å². The van der Waals surface area contributed by atoms with Crippen LogP contribution in [-0.2, 0) is 4.79 Å². The first-order valence-electron chi connectivity index (χ1n) is 3.29. The number of carboxylic acids is 1. The fraction of sp³-hybridized carbons (Fsp3) is 0.600. The Kier molecular flexibility index (Phi) is 5.88. The molecule has 0 saturated heterocycles. The van der Waals surface area contributed by atoms with Gasteiger partial charge in [0.2, 0.25) is 0 Å². The maximum atomic E-state index is 10.2. The van der Waals surface area contributed by atoms with Crippen LogP contribution in [0.2, 0.25) is 0 Å². The van der Waals surface area contributed by atoms with Crippen LogP contribution < -0.4 is 16.7 Å². The first kappa shape index (κ1) is 10.8. The Morgan fingerprint density at radius 2 is 2.42 bits per heavy atom. The Labute approximate surface area is 69.2 Å². The number of aliphatic carboxylic acids is 1. The lowest BCUT2D eigenvalue weighted by atomic mass is 10.2. The Hall–Kier alpha value is -1.18. The predicted octanol–water partition coefficient (Wildman–Crippen LogP) is -1.70. The SMILES string of the molecule is N[C@@H](CCN=CNNO)C(=O)O. The van der Waals surface area contributed by atoms with Gasteiger partial charge >= 0.3 is 5.97 Å². The van der Waals surface area contributed by atoms with Crippen molar-refractivity contribution in [2.75, 3.05) is 6.54 Å². The van der Waals surface area contributed by atoms with Crippen LogP contribution >= 0.6 is 0 Å². The number of nitrogens with two attached hydrogens (primary N) is 1. The summed E-state index contributed by atoms with van der Waals surface area (Å²) in [5.41, 5.74) is 8.98. The third-order valence-electron chi connectivity index (χ3n) is 1.11. The zero-order chi connectivity index (χ0) is 9.40. The summed E-state index contributed by atoms with van der Waals surface area (Å²) in [6.07, 6.45) is 1.47. The van der Waals surface area contributed by atoms with Crippen molar-refractivity contribution in [3.63, 3.8) is 0 Å². The minimum Gasteiger partial charge on any atom is -0.480 e. The quantitative estimate of drug-likeness (QED) is 0.187. The van der Waals surface area contributed by atoms with Crippen LogP contribution in [0.25, 0.3) is 0 Å². The van der Waals surface area contributed by atoms with E-state index in [4.69, 9.17) is 16.0 Å². The number of hydrazine groups is 1. The van der Waals surface area contributed by atoms with Gasteiger partial charge in [0.1, 0.15) is 6.04 Å². The smallest absolute Gasteiger partial charge is 0.320 e. The third kappa shape index (κ3) is 5.59. The van der Waals surface area contributed by atoms with Crippen molar-refractivity contribution in [2.24, 2.45) is 10.7 Å². The maximum absolute atomic E-state index is 10.2. The Morgan fingerprint density at radius 3 is 2.92 bits per heavy atom. The summed E-state index contributed by atoms with van der Waals surface area (Å²) >= 11 is 0. The normalized spacial score (nSPS) is 13.2. The molecular formula is C5H12N4O3. The minimum atomic E-state index is -1.04. The molecule has 0 aromatic rings. The lowest BCUT2D eigenvalue weighted by molar-refractivity contribution is -0.138. The molecule has 0 aromatic heterocycles. The molecule has 0 spiro atoms. The molecule has 12 heavy (non-hydrogen) atoms. The molecule has 7 nitrogen and oxygen atoms in total. The lowest BCUT2D eigenvalue weighted by Crippen LogP contribution is -2.31. The number of nitrogens with zero attached hydrogens (tertiary/aromatic N) is 1. The van der Waals surface area contributed by atoms with Crippen LogP contribution in [0.5, 0.6) is 0 Å². The number of carboxylic acid groups (broad SMARTS) is 1. The van der Waals surface area contributed by atoms with Crippen LogP contribution in [-0.4, -0.2) is 35.2 Å². The summed E-state index contributed by atoms with van der Waals surface area (Å²) in [5.74, 6) is -1.04. The van der Waals surface area contributed by atoms with Crippen molar-refractivity contribution in [1.29, 1.82) is 0 Å². The molecule has 0 bridgehead atoms. The van der Waals surface area contributed by atoms with Crippen LogP contribution in [0.15, 0.2) is 4.99 Å². The Morgan fingerprint density at radius 1 is 1.75 bits per heavy atom. The summed E-state index contributed by atoms with van der Waals surface area (Å²) < 4.78 is 0. The number of carbonyl (C=O) groups is 1. The number of nitrogens with one attached hydrogen (secondary N) is 2. The van der Waals surface area contributed by atoms with Gasteiger partial charge in [-0.05, 0) is 6.42 Å². The first-order chi connectivity index (χ1) is 5.68. The van der Waals surface area contributed by atoms with E-state index in [2.05, 4.69) is 10.4 Å². The first-order valence-corrected chi connectivity index (χ1v) is 3.29. The molecule has 0 heterocycles. The van der Waals surface area contributed by atoms with Gasteiger partial charge in [-0.1, -0.05) is 0 Å². The molecule has 0 rings (SSSR count). The molecule has 0 unspecified atom stereocenters. The van der Waals surface area contributed by atoms with Gasteiger partial charge in [0.15, 0.2) is 0 Å². The molecule has 6 N–H and O–H groups in total. The van der Waals surface area contributed by atoms with E-state index in [0.717, 1.165) is 0 Å². The second-order valence-corrected chi connectivity index (χ2v) is 2.02. The molecule has 1 atom stereocenters. The molecule has 0 radical (unpaired) electrons. The summed E-state index contributed by atoms with van der Waals surface area (Å²) in [5, 5.41) is 16.3. The van der Waals surface area contributed by atoms with Crippen molar-refractivity contribution in [3.8, 4) is 0 Å². The maximum Gasteiger partial charge on any atom is 0.320 e. The van der Waals surface area contributed by atoms with Crippen molar-refractivity contribution >= 4 is 12.3 Å². The van der Waals surface area contributed by atoms with Gasteiger partial charge in [-0.15, -0.1) is 5.59 Å². The largest absolute Gasteiger partial charge is 0.480 e. The highest BCUT2D eigenvalue weighted by Gasteiger charge is 2.09. The molecule has 0 amide bonds. The number of hydrogen-bond donors (Lipinski definition) is 5. The molecular weight excluding hydrogens is 164 g/mol. The molecule has 0 aromatic carbocycles. The van der Waals surface area contributed by atoms with Gasteiger partial charge in [0.05, 0.1) is 6.34 Å². The lowest BCUT2D eigenvalue weighted by Gasteiger charge is -2.01. The van der Waals surface area contributed by atoms with E-state index in [9.17, 15) is 4.79 Å². The van der Waals surface area contributed by atoms with Crippen LogP contribution in [0, 0.1) is 0 Å². The summed E-state index contributed by atoms with van der Waals surface area (Å²) in [6.45, 7) is 0.294. The number of rotatable bonds is 6. The van der Waals surface area contributed by atoms with E-state index in [1.165, 1.54) is 6.34 Å². The zero-order valence-corrected chi connectivity index (χ0v) is 6.40. The van der Waals surface area contributed by atoms with Gasteiger partial charge < -0.3 is 10.8 Å². The zero-order valence-electron chi connectivity index (χ0n) is 6.40. The Balaban J connectivity index is 3.36. The monoisotopic (exact) mass is 176 g/mol. The van der Waals surface area contributed by atoms with Crippen LogP contribution in [0.3, 0.4) is 0 Å². The second kappa shape index (κ2) is 6.53. The molecule has 0 aliphatic rings. The highest BCUT2D eigenvalue weighted by atomic mass is 16.5. The number of hydrogen-bond acceptors (Lipinski definition) is 5. The van der Waals surface area contributed by atoms with E-state index < -0.39 is 12.0 Å². The Bertz CT molecular complexity index is 161. The summed E-state index contributed by atoms with van der Waals surface area (Å²) in [7, 11) is 0. The van der Waals surface area contributed by atoms with E-state index in [-0.39, 0.29) is 6.42 Å². The highest BCUT2D eigenvalue weighted by Crippen LogP contribution is 1.87. The fourth-order valence-corrected chi connectivity index (χ4v) is 0.476. The van der Waals surface area contributed by atoms with Gasteiger partial charge in [-0.25, -0.2) is 0 Å². The van der Waals surface area contributed by atoms with E-state index in [1.807, 2.05) is 0 Å². The third-order valence-corrected chi connectivity index (χ3v) is 1.11. The van der Waals surface area contributed by atoms with E-state index in [1.54, 1.807) is 5.59 Å². The van der Waals surface area contributed by atoms with E-state index >= 15 is 0 Å². The fourth-order valence-electron chi connectivity index (χ4n) is 0.476. The minimum absolute atomic E-state index is 0.263. The van der Waals surface area contributed by atoms with Crippen LogP contribution in [0.1, 0.15) is 6.42 Å². The molecule has 0 aliphatic heterocycles. The van der Waals surface area contributed by atoms with Gasteiger partial charge in [0.25, 0.3) is 0 Å². The van der Waals surface area contributed by atoms with Crippen molar-refractivity contribution < 1.29 is 15.1 Å². The van der Waals surface area contributed by atoms with Gasteiger partial charge in [-0.2, -0.15) is 0 Å². The predicted molar refractivity (Wildman–Crippen MR) is 41.6 cm³/mol. The van der Waals surface area contributed by atoms with Crippen molar-refractivity contribution in [1.82, 2.24) is 11.0 Å². The summed E-state index contributed by atoms with van der Waals surface area (Å²) in [4.78, 5) is 13.9. The molecule has 70 valence electrons. The topological polar surface area (TPSA) is 120 Å². The molecule has 0 fully saturated rings. The van der Waals surface area contributed by atoms with E-state index in [0.29, 0.717) is 6.54 Å². The van der Waals surface area contributed by atoms with Gasteiger partial charge in [0, 0.05) is 6.54 Å². The second-order valence-electron chi connectivity index (χ2n) is 2.02. The van der Waals surface area contributed by atoms with Crippen LogP contribution in [0.4, 0.5) is 0 Å². The van der Waals surface area contributed by atoms with Crippen molar-refractivity contribution in [3.05, 3.63) is 0 Å². The average molecular weight is 176 g/mol. The number of aliphatic imine (C=N–C) groups is 1. The molecule has 0 saturated carbocycles. The summed E-state index contributed by atoms with van der Waals surface area (Å²) in [6, 6.07) is -0.885. The standard InChI is InChI=1S/C5H12N4O3/c6-4(5(10)11)1-2-7-3-8-9-12/h3-4,9,12H,1-2,6H2,(H,7,8)(H,10,11)/t4-/m0/s1. The average Bonchev–Trinajstić information content (AvgIpc) is 2.03. The molecule has 7 heteroatoms. The molecule has 0 aliphatic carbocycles.